The Balaban J connectivity index is -0.0000000450. The molecule has 0 radical (unpaired) electrons. The molecule has 0 aromatic heterocycles. The summed E-state index contributed by atoms with van der Waals surface area (Å²) in [5, 5.41) is 0. The summed E-state index contributed by atoms with van der Waals surface area (Å²) in [6.07, 6.45) is 0. The molecule has 0 spiro atoms. The zero-order chi connectivity index (χ0) is 3.58. The topological polar surface area (TPSA) is 90.9 Å². The number of hydrogen-bond donors (Lipinski definition) is 1. The molecule has 0 unspecified atom stereocenters. The minimum Gasteiger partial charge on any atom is -3.00 e. The van der Waals surface area contributed by atoms with Crippen LogP contribution in [0.2, 0.25) is 0 Å². The molecular formula is HNO3SiTi. The fraction of sp³-hybridized carbons (Fsp3) is 0. The smallest absolute Gasteiger partial charge is 3.00 e. The van der Waals surface area contributed by atoms with Gasteiger partial charge < -0.3 is 20.2 Å². The minimum absolute atomic E-state index is 0. The van der Waals surface area contributed by atoms with E-state index in [0.717, 1.165) is 0 Å². The average molecular weight is 139 g/mol. The standard InChI is InChI=1S/N.HO3Si.Ti/c;1-4(2)3;/h;1H;/q-3;-1;+4. The van der Waals surface area contributed by atoms with Crippen LogP contribution in [-0.4, -0.2) is 14.0 Å². The predicted octanol–water partition coefficient (Wildman–Crippen LogP) is -1.96. The molecule has 0 rings (SSSR count). The van der Waals surface area contributed by atoms with Crippen LogP contribution in [0, 0.1) is 0 Å². The van der Waals surface area contributed by atoms with E-state index in [1.54, 1.807) is 0 Å². The predicted molar refractivity (Wildman–Crippen MR) is 12.0 cm³/mol. The van der Waals surface area contributed by atoms with E-state index in [9.17, 15) is 0 Å². The molecule has 4 nitrogen and oxygen atoms in total. The second kappa shape index (κ2) is 9.00. The van der Waals surface area contributed by atoms with Gasteiger partial charge in [0.2, 0.25) is 0 Å². The van der Waals surface area contributed by atoms with Crippen molar-refractivity contribution in [3.05, 3.63) is 6.15 Å². The molecule has 0 aromatic carbocycles. The fourth-order valence-electron chi connectivity index (χ4n) is 0. The van der Waals surface area contributed by atoms with Crippen molar-refractivity contribution in [1.82, 2.24) is 0 Å². The first-order valence-corrected chi connectivity index (χ1v) is 1.90. The van der Waals surface area contributed by atoms with E-state index in [0.29, 0.717) is 0 Å². The number of hydrogen-bond acceptors (Lipinski definition) is 2. The van der Waals surface area contributed by atoms with Crippen molar-refractivity contribution in [2.75, 3.05) is 0 Å². The summed E-state index contributed by atoms with van der Waals surface area (Å²) in [4.78, 5) is 15.7. The molecule has 6 heteroatoms. The Morgan fingerprint density at radius 2 is 1.67 bits per heavy atom. The first-order chi connectivity index (χ1) is 1.73. The number of nitrogens with zero attached hydrogens (tertiary/aromatic N) is 1. The van der Waals surface area contributed by atoms with Crippen molar-refractivity contribution < 1.29 is 35.8 Å². The third kappa shape index (κ3) is 548. The van der Waals surface area contributed by atoms with Crippen LogP contribution < -0.4 is 4.80 Å². The van der Waals surface area contributed by atoms with Crippen molar-refractivity contribution in [1.29, 1.82) is 0 Å². The summed E-state index contributed by atoms with van der Waals surface area (Å²) in [7, 11) is -3.38. The molecule has 32 valence electrons. The molecule has 0 saturated heterocycles. The van der Waals surface area contributed by atoms with Crippen LogP contribution in [-0.2, 0) is 26.2 Å². The van der Waals surface area contributed by atoms with E-state index in [4.69, 9.17) is 14.1 Å². The van der Waals surface area contributed by atoms with Crippen molar-refractivity contribution in [2.45, 2.75) is 0 Å². The van der Waals surface area contributed by atoms with Crippen LogP contribution in [0.1, 0.15) is 0 Å². The molecule has 0 atom stereocenters. The fourth-order valence-corrected chi connectivity index (χ4v) is 0. The summed E-state index contributed by atoms with van der Waals surface area (Å²) in [5.41, 5.74) is 0. The van der Waals surface area contributed by atoms with Gasteiger partial charge in [-0.15, -0.1) is 0 Å². The SMILES string of the molecule is O=[Si]([O-])O.[N-3].[Ti+4]. The van der Waals surface area contributed by atoms with Crippen LogP contribution in [0.4, 0.5) is 0 Å². The molecule has 0 aliphatic carbocycles. The Labute approximate surface area is 51.6 Å². The van der Waals surface area contributed by atoms with Gasteiger partial charge in [-0.2, -0.15) is 0 Å². The van der Waals surface area contributed by atoms with Crippen molar-refractivity contribution >= 4 is 9.17 Å². The van der Waals surface area contributed by atoms with Crippen LogP contribution >= 0.6 is 0 Å². The van der Waals surface area contributed by atoms with E-state index in [1.807, 2.05) is 0 Å². The molecule has 0 bridgehead atoms. The monoisotopic (exact) mass is 139 g/mol. The van der Waals surface area contributed by atoms with Crippen molar-refractivity contribution in [3.63, 3.8) is 0 Å². The van der Waals surface area contributed by atoms with Gasteiger partial charge in [-0.3, -0.25) is 0 Å². The molecule has 0 saturated carbocycles. The second-order valence-corrected chi connectivity index (χ2v) is 0.798. The summed E-state index contributed by atoms with van der Waals surface area (Å²) in [6, 6.07) is 0. The largest absolute Gasteiger partial charge is 4.00 e. The molecule has 0 aliphatic heterocycles. The zero-order valence-corrected chi connectivity index (χ0v) is 5.27. The first-order valence-electron chi connectivity index (χ1n) is 0.632. The molecule has 0 aliphatic rings. The maximum absolute atomic E-state index is 8.63. The maximum Gasteiger partial charge on any atom is 4.00 e. The van der Waals surface area contributed by atoms with Crippen molar-refractivity contribution in [2.24, 2.45) is 0 Å². The van der Waals surface area contributed by atoms with Crippen LogP contribution in [0.3, 0.4) is 0 Å². The van der Waals surface area contributed by atoms with Crippen LogP contribution in [0.5, 0.6) is 0 Å². The van der Waals surface area contributed by atoms with E-state index >= 15 is 0 Å². The molecule has 1 N–H and O–H groups in total. The van der Waals surface area contributed by atoms with Gasteiger partial charge in [-0.05, 0) is 0 Å². The van der Waals surface area contributed by atoms with E-state index in [2.05, 4.69) is 0 Å². The Hall–Kier alpha value is 0.291. The first kappa shape index (κ1) is 16.3. The van der Waals surface area contributed by atoms with Gasteiger partial charge in [0.05, 0.1) is 0 Å². The normalized spacial score (nSPS) is 4.00. The van der Waals surface area contributed by atoms with E-state index in [1.165, 1.54) is 0 Å². The van der Waals surface area contributed by atoms with Gasteiger partial charge in [0.1, 0.15) is 0 Å². The number of rotatable bonds is 0. The van der Waals surface area contributed by atoms with E-state index in [-0.39, 0.29) is 27.9 Å². The summed E-state index contributed by atoms with van der Waals surface area (Å²) in [5.74, 6) is 0. The third-order valence-corrected chi connectivity index (χ3v) is 0. The van der Waals surface area contributed by atoms with Crippen LogP contribution in [0.25, 0.3) is 6.15 Å². The van der Waals surface area contributed by atoms with E-state index < -0.39 is 9.17 Å². The van der Waals surface area contributed by atoms with Gasteiger partial charge in [0.25, 0.3) is 0 Å². The second-order valence-electron chi connectivity index (χ2n) is 0.266. The van der Waals surface area contributed by atoms with Gasteiger partial charge in [-0.1, -0.05) is 0 Å². The molecule has 0 fully saturated rings. The van der Waals surface area contributed by atoms with Gasteiger partial charge in [-0.25, -0.2) is 0 Å². The Morgan fingerprint density at radius 1 is 1.67 bits per heavy atom. The molecule has 6 heavy (non-hydrogen) atoms. The average Bonchev–Trinajstić information content (AvgIpc) is 0.811. The zero-order valence-electron chi connectivity index (χ0n) is 2.71. The van der Waals surface area contributed by atoms with Gasteiger partial charge in [0.15, 0.2) is 0 Å². The quantitative estimate of drug-likeness (QED) is 0.395. The Bertz CT molecular complexity index is 33.8. The summed E-state index contributed by atoms with van der Waals surface area (Å²) >= 11 is 0. The molecule has 0 heterocycles. The summed E-state index contributed by atoms with van der Waals surface area (Å²) < 4.78 is 8.63. The Kier molecular flexibility index (Phi) is 24.4. The molecular weight excluding hydrogens is 138 g/mol. The Morgan fingerprint density at radius 3 is 1.67 bits per heavy atom. The van der Waals surface area contributed by atoms with Crippen LogP contribution in [0.15, 0.2) is 0 Å². The van der Waals surface area contributed by atoms with Gasteiger partial charge >= 0.3 is 30.9 Å². The minimum atomic E-state index is -3.38. The maximum atomic E-state index is 8.63. The molecule has 0 amide bonds. The third-order valence-electron chi connectivity index (χ3n) is 0. The van der Waals surface area contributed by atoms with Crippen molar-refractivity contribution in [3.8, 4) is 0 Å². The molecule has 0 aromatic rings. The summed E-state index contributed by atoms with van der Waals surface area (Å²) in [6.45, 7) is 0. The van der Waals surface area contributed by atoms with Gasteiger partial charge in [0, 0.05) is 0 Å².